The third-order valence-corrected chi connectivity index (χ3v) is 6.66. The summed E-state index contributed by atoms with van der Waals surface area (Å²) >= 11 is 0. The number of carbonyl (C=O) groups excluding carboxylic acids is 1. The van der Waals surface area contributed by atoms with E-state index in [2.05, 4.69) is 52.3 Å². The van der Waals surface area contributed by atoms with E-state index in [4.69, 9.17) is 14.9 Å². The van der Waals surface area contributed by atoms with Crippen molar-refractivity contribution >= 4 is 5.91 Å². The van der Waals surface area contributed by atoms with Gasteiger partial charge in [-0.3, -0.25) is 14.6 Å². The average molecular weight is 446 g/mol. The van der Waals surface area contributed by atoms with Crippen LogP contribution in [0.2, 0.25) is 0 Å². The second kappa shape index (κ2) is 9.81. The Morgan fingerprint density at radius 2 is 1.82 bits per heavy atom. The van der Waals surface area contributed by atoms with E-state index in [1.165, 1.54) is 16.7 Å². The van der Waals surface area contributed by atoms with E-state index < -0.39 is 0 Å². The summed E-state index contributed by atoms with van der Waals surface area (Å²) in [6, 6.07) is 19.0. The van der Waals surface area contributed by atoms with Gasteiger partial charge >= 0.3 is 0 Å². The van der Waals surface area contributed by atoms with E-state index in [1.54, 1.807) is 6.26 Å². The lowest BCUT2D eigenvalue weighted by molar-refractivity contribution is -0.123. The van der Waals surface area contributed by atoms with Gasteiger partial charge in [-0.1, -0.05) is 30.3 Å². The third kappa shape index (κ3) is 5.29. The van der Waals surface area contributed by atoms with Crippen molar-refractivity contribution in [3.63, 3.8) is 0 Å². The molecule has 33 heavy (non-hydrogen) atoms. The number of ether oxygens (including phenoxy) is 1. The molecule has 1 fully saturated rings. The molecule has 0 radical (unpaired) electrons. The lowest BCUT2D eigenvalue weighted by Gasteiger charge is -2.31. The second-order valence-corrected chi connectivity index (χ2v) is 9.15. The van der Waals surface area contributed by atoms with Crippen LogP contribution >= 0.6 is 0 Å². The Kier molecular flexibility index (Phi) is 6.46. The van der Waals surface area contributed by atoms with Crippen molar-refractivity contribution in [2.45, 2.75) is 32.5 Å². The second-order valence-electron chi connectivity index (χ2n) is 9.15. The minimum atomic E-state index is -0.178. The molecule has 6 nitrogen and oxygen atoms in total. The minimum Gasteiger partial charge on any atom is -0.492 e. The molecule has 0 bridgehead atoms. The average Bonchev–Trinajstić information content (AvgIpc) is 3.28. The number of carbonyl (C=O) groups is 1. The summed E-state index contributed by atoms with van der Waals surface area (Å²) in [7, 11) is 0. The Hall–Kier alpha value is -3.09. The van der Waals surface area contributed by atoms with Gasteiger partial charge in [-0.2, -0.15) is 0 Å². The van der Waals surface area contributed by atoms with E-state index in [0.717, 1.165) is 69.2 Å². The lowest BCUT2D eigenvalue weighted by Crippen LogP contribution is -2.40. The highest BCUT2D eigenvalue weighted by Gasteiger charge is 2.24. The van der Waals surface area contributed by atoms with E-state index >= 15 is 0 Å². The van der Waals surface area contributed by atoms with Gasteiger partial charge in [-0.15, -0.1) is 0 Å². The van der Waals surface area contributed by atoms with Gasteiger partial charge in [0.05, 0.1) is 12.2 Å². The van der Waals surface area contributed by atoms with Crippen LogP contribution in [-0.2, 0) is 24.4 Å². The highest BCUT2D eigenvalue weighted by Crippen LogP contribution is 2.27. The molecule has 2 aliphatic rings. The zero-order valence-electron chi connectivity index (χ0n) is 18.9. The molecular formula is C27H31N3O3. The van der Waals surface area contributed by atoms with Crippen molar-refractivity contribution in [3.05, 3.63) is 77.6 Å². The summed E-state index contributed by atoms with van der Waals surface area (Å²) in [4.78, 5) is 16.4. The van der Waals surface area contributed by atoms with Gasteiger partial charge in [0.25, 0.3) is 0 Å². The van der Waals surface area contributed by atoms with E-state index in [-0.39, 0.29) is 11.8 Å². The molecule has 3 heterocycles. The first-order chi connectivity index (χ1) is 16.1. The molecule has 3 aromatic rings. The van der Waals surface area contributed by atoms with Gasteiger partial charge in [0.15, 0.2) is 0 Å². The summed E-state index contributed by atoms with van der Waals surface area (Å²) in [5, 5.41) is 0. The molecule has 2 aliphatic heterocycles. The molecule has 0 aliphatic carbocycles. The summed E-state index contributed by atoms with van der Waals surface area (Å²) < 4.78 is 11.5. The standard InChI is InChI=1S/C27H31N3O3/c28-27(31)23-3-1-11-29(18-23)17-21-7-10-26-24(15-21)19-30(12-14-33-26)16-20-5-8-22(9-6-20)25-4-2-13-32-25/h2,4-10,13,15,23H,1,3,11-12,14,16-19H2,(H2,28,31). The monoisotopic (exact) mass is 445 g/mol. The van der Waals surface area contributed by atoms with Gasteiger partial charge in [0.1, 0.15) is 18.1 Å². The Morgan fingerprint density at radius 3 is 2.61 bits per heavy atom. The molecule has 6 heteroatoms. The van der Waals surface area contributed by atoms with Crippen molar-refractivity contribution in [1.82, 2.24) is 9.80 Å². The molecule has 2 aromatic carbocycles. The largest absolute Gasteiger partial charge is 0.492 e. The van der Waals surface area contributed by atoms with Crippen LogP contribution in [0.15, 0.2) is 65.3 Å². The molecule has 2 N–H and O–H groups in total. The number of amides is 1. The number of hydrogen-bond acceptors (Lipinski definition) is 5. The number of likely N-dealkylation sites (tertiary alicyclic amines) is 1. The molecule has 1 unspecified atom stereocenters. The third-order valence-electron chi connectivity index (χ3n) is 6.66. The summed E-state index contributed by atoms with van der Waals surface area (Å²) in [5.41, 5.74) is 10.4. The first kappa shape index (κ1) is 21.7. The fourth-order valence-electron chi connectivity index (χ4n) is 4.90. The zero-order chi connectivity index (χ0) is 22.6. The van der Waals surface area contributed by atoms with Gasteiger partial charge in [-0.25, -0.2) is 0 Å². The molecule has 1 aromatic heterocycles. The van der Waals surface area contributed by atoms with Crippen LogP contribution in [0.3, 0.4) is 0 Å². The highest BCUT2D eigenvalue weighted by molar-refractivity contribution is 5.76. The Morgan fingerprint density at radius 1 is 1.00 bits per heavy atom. The zero-order valence-corrected chi connectivity index (χ0v) is 18.9. The smallest absolute Gasteiger partial charge is 0.221 e. The van der Waals surface area contributed by atoms with Crippen LogP contribution in [-0.4, -0.2) is 41.9 Å². The maximum absolute atomic E-state index is 11.6. The van der Waals surface area contributed by atoms with Gasteiger partial charge in [-0.05, 0) is 54.8 Å². The number of piperidine rings is 1. The van der Waals surface area contributed by atoms with E-state index in [9.17, 15) is 4.79 Å². The molecule has 1 atom stereocenters. The molecule has 0 saturated carbocycles. The summed E-state index contributed by atoms with van der Waals surface area (Å²) in [6.45, 7) is 5.90. The van der Waals surface area contributed by atoms with Crippen molar-refractivity contribution in [2.24, 2.45) is 11.7 Å². The highest BCUT2D eigenvalue weighted by atomic mass is 16.5. The fourth-order valence-corrected chi connectivity index (χ4v) is 4.90. The predicted octanol–water partition coefficient (Wildman–Crippen LogP) is 4.04. The molecule has 0 spiro atoms. The minimum absolute atomic E-state index is 0.0300. The predicted molar refractivity (Wildman–Crippen MR) is 127 cm³/mol. The van der Waals surface area contributed by atoms with Crippen molar-refractivity contribution in [1.29, 1.82) is 0 Å². The summed E-state index contributed by atoms with van der Waals surface area (Å²) in [6.07, 6.45) is 3.63. The molecule has 5 rings (SSSR count). The number of fused-ring (bicyclic) bond motifs is 1. The number of nitrogens with zero attached hydrogens (tertiary/aromatic N) is 2. The first-order valence-corrected chi connectivity index (χ1v) is 11.8. The number of primary amides is 1. The number of nitrogens with two attached hydrogens (primary N) is 1. The number of furan rings is 1. The SMILES string of the molecule is NC(=O)C1CCCN(Cc2ccc3c(c2)CN(Cc2ccc(-c4ccco4)cc2)CCO3)C1. The van der Waals surface area contributed by atoms with Crippen LogP contribution in [0.5, 0.6) is 5.75 Å². The van der Waals surface area contributed by atoms with Crippen LogP contribution in [0.4, 0.5) is 0 Å². The molecule has 1 saturated heterocycles. The Balaban J connectivity index is 1.24. The quantitative estimate of drug-likeness (QED) is 0.620. The van der Waals surface area contributed by atoms with Crippen molar-refractivity contribution < 1.29 is 13.9 Å². The fraction of sp³-hybridized carbons (Fsp3) is 0.370. The van der Waals surface area contributed by atoms with Crippen LogP contribution < -0.4 is 10.5 Å². The van der Waals surface area contributed by atoms with Crippen molar-refractivity contribution in [2.75, 3.05) is 26.2 Å². The first-order valence-electron chi connectivity index (χ1n) is 11.8. The molecule has 1 amide bonds. The lowest BCUT2D eigenvalue weighted by atomic mass is 9.97. The normalized spacial score (nSPS) is 19.5. The Labute approximate surface area is 194 Å². The molecule has 172 valence electrons. The maximum Gasteiger partial charge on any atom is 0.221 e. The van der Waals surface area contributed by atoms with Crippen LogP contribution in [0, 0.1) is 5.92 Å². The van der Waals surface area contributed by atoms with E-state index in [0.29, 0.717) is 6.61 Å². The Bertz CT molecular complexity index is 1080. The van der Waals surface area contributed by atoms with Gasteiger partial charge in [0, 0.05) is 43.9 Å². The maximum atomic E-state index is 11.6. The van der Waals surface area contributed by atoms with Crippen LogP contribution in [0.1, 0.15) is 29.5 Å². The number of rotatable bonds is 6. The van der Waals surface area contributed by atoms with E-state index in [1.807, 2.05) is 12.1 Å². The number of benzene rings is 2. The van der Waals surface area contributed by atoms with Gasteiger partial charge < -0.3 is 14.9 Å². The van der Waals surface area contributed by atoms with Crippen LogP contribution in [0.25, 0.3) is 11.3 Å². The number of hydrogen-bond donors (Lipinski definition) is 1. The van der Waals surface area contributed by atoms with Gasteiger partial charge in [0.2, 0.25) is 5.91 Å². The topological polar surface area (TPSA) is 71.9 Å². The van der Waals surface area contributed by atoms with Crippen molar-refractivity contribution in [3.8, 4) is 17.1 Å². The molecular weight excluding hydrogens is 414 g/mol. The summed E-state index contributed by atoms with van der Waals surface area (Å²) in [5.74, 6) is 1.66.